The molecule has 1 aromatic carbocycles. The number of hydrogen-bond donors (Lipinski definition) is 1. The highest BCUT2D eigenvalue weighted by Crippen LogP contribution is 2.70. The van der Waals surface area contributed by atoms with E-state index in [0.29, 0.717) is 5.92 Å². The molecule has 3 aliphatic carbocycles. The molecule has 2 bridgehead atoms. The molecule has 3 aliphatic rings. The van der Waals surface area contributed by atoms with Crippen LogP contribution in [0.15, 0.2) is 36.5 Å². The first-order valence-corrected chi connectivity index (χ1v) is 8.33. The Balaban J connectivity index is 1.40. The smallest absolute Gasteiger partial charge is 0.0704 e. The van der Waals surface area contributed by atoms with E-state index in [0.717, 1.165) is 35.6 Å². The summed E-state index contributed by atoms with van der Waals surface area (Å²) in [4.78, 5) is 4.42. The molecule has 0 spiro atoms. The topological polar surface area (TPSA) is 33.1 Å². The van der Waals surface area contributed by atoms with Gasteiger partial charge in [0.2, 0.25) is 0 Å². The van der Waals surface area contributed by atoms with E-state index in [1.54, 1.807) is 0 Å². The second-order valence-electron chi connectivity index (χ2n) is 7.32. The van der Waals surface area contributed by atoms with Crippen LogP contribution in [-0.2, 0) is 6.42 Å². The number of pyridine rings is 1. The van der Waals surface area contributed by atoms with Crippen molar-refractivity contribution in [3.05, 3.63) is 42.1 Å². The standard InChI is InChI=1S/C19H21NO/c21-16(19-17-12-5-6-13(9-12)18(17)19)10-11-7-8-20-15-4-2-1-3-14(11)15/h1-4,7-8,12-13,16-19,21H,5-6,9-10H2. The maximum Gasteiger partial charge on any atom is 0.0704 e. The third-order valence-corrected chi connectivity index (χ3v) is 6.41. The molecule has 1 N–H and O–H groups in total. The largest absolute Gasteiger partial charge is 0.392 e. The summed E-state index contributed by atoms with van der Waals surface area (Å²) in [7, 11) is 0. The minimum atomic E-state index is -0.158. The predicted octanol–water partition coefficient (Wildman–Crippen LogP) is 3.43. The zero-order chi connectivity index (χ0) is 14.0. The Kier molecular flexibility index (Phi) is 2.49. The maximum atomic E-state index is 10.8. The van der Waals surface area contributed by atoms with Crippen molar-refractivity contribution in [2.24, 2.45) is 29.6 Å². The molecule has 0 radical (unpaired) electrons. The maximum absolute atomic E-state index is 10.8. The molecule has 108 valence electrons. The summed E-state index contributed by atoms with van der Waals surface area (Å²) >= 11 is 0. The number of aliphatic hydroxyl groups is 1. The molecule has 2 heteroatoms. The lowest BCUT2D eigenvalue weighted by Gasteiger charge is -2.16. The minimum absolute atomic E-state index is 0.158. The van der Waals surface area contributed by atoms with Gasteiger partial charge in [-0.05, 0) is 73.0 Å². The number of benzene rings is 1. The third kappa shape index (κ3) is 1.72. The van der Waals surface area contributed by atoms with Gasteiger partial charge >= 0.3 is 0 Å². The minimum Gasteiger partial charge on any atom is -0.392 e. The average Bonchev–Trinajstić information content (AvgIpc) is 2.96. The fraction of sp³-hybridized carbons (Fsp3) is 0.526. The molecular formula is C19H21NO. The van der Waals surface area contributed by atoms with Gasteiger partial charge in [-0.25, -0.2) is 0 Å². The van der Waals surface area contributed by atoms with E-state index in [1.165, 1.54) is 30.2 Å². The first-order valence-electron chi connectivity index (χ1n) is 8.33. The van der Waals surface area contributed by atoms with Gasteiger partial charge < -0.3 is 5.11 Å². The van der Waals surface area contributed by atoms with E-state index in [1.807, 2.05) is 12.3 Å². The molecule has 1 heterocycles. The number of nitrogens with zero attached hydrogens (tertiary/aromatic N) is 1. The summed E-state index contributed by atoms with van der Waals surface area (Å²) in [5.74, 6) is 4.17. The predicted molar refractivity (Wildman–Crippen MR) is 82.8 cm³/mol. The molecule has 0 saturated heterocycles. The van der Waals surface area contributed by atoms with Crippen LogP contribution in [0.5, 0.6) is 0 Å². The summed E-state index contributed by atoms with van der Waals surface area (Å²) < 4.78 is 0. The molecular weight excluding hydrogens is 258 g/mol. The molecule has 3 saturated carbocycles. The molecule has 5 unspecified atom stereocenters. The Morgan fingerprint density at radius 3 is 2.67 bits per heavy atom. The van der Waals surface area contributed by atoms with Gasteiger partial charge in [-0.3, -0.25) is 4.98 Å². The molecule has 2 aromatic rings. The van der Waals surface area contributed by atoms with Crippen LogP contribution in [0.4, 0.5) is 0 Å². The Morgan fingerprint density at radius 2 is 1.86 bits per heavy atom. The average molecular weight is 279 g/mol. The van der Waals surface area contributed by atoms with Gasteiger partial charge in [0.25, 0.3) is 0 Å². The van der Waals surface area contributed by atoms with E-state index in [2.05, 4.69) is 29.2 Å². The van der Waals surface area contributed by atoms with Crippen LogP contribution in [-0.4, -0.2) is 16.2 Å². The molecule has 21 heavy (non-hydrogen) atoms. The van der Waals surface area contributed by atoms with Crippen molar-refractivity contribution in [3.63, 3.8) is 0 Å². The lowest BCUT2D eigenvalue weighted by atomic mass is 9.94. The molecule has 2 nitrogen and oxygen atoms in total. The van der Waals surface area contributed by atoms with E-state index < -0.39 is 0 Å². The second kappa shape index (κ2) is 4.30. The van der Waals surface area contributed by atoms with Gasteiger partial charge in [0.15, 0.2) is 0 Å². The fourth-order valence-electron chi connectivity index (χ4n) is 5.60. The molecule has 5 atom stereocenters. The summed E-state index contributed by atoms with van der Waals surface area (Å²) in [6.45, 7) is 0. The van der Waals surface area contributed by atoms with Crippen LogP contribution in [0.3, 0.4) is 0 Å². The van der Waals surface area contributed by atoms with Crippen LogP contribution in [0.1, 0.15) is 24.8 Å². The number of aromatic nitrogens is 1. The summed E-state index contributed by atoms with van der Waals surface area (Å²) in [5.41, 5.74) is 2.30. The number of fused-ring (bicyclic) bond motifs is 6. The van der Waals surface area contributed by atoms with Crippen molar-refractivity contribution in [2.45, 2.75) is 31.8 Å². The quantitative estimate of drug-likeness (QED) is 0.933. The van der Waals surface area contributed by atoms with Gasteiger partial charge in [-0.1, -0.05) is 18.2 Å². The van der Waals surface area contributed by atoms with E-state index >= 15 is 0 Å². The van der Waals surface area contributed by atoms with Crippen LogP contribution >= 0.6 is 0 Å². The number of rotatable bonds is 3. The number of para-hydroxylation sites is 1. The SMILES string of the molecule is OC(Cc1ccnc2ccccc12)C1C2C3CCC(C3)C12. The van der Waals surface area contributed by atoms with Crippen molar-refractivity contribution < 1.29 is 5.11 Å². The number of aliphatic hydroxyl groups excluding tert-OH is 1. The van der Waals surface area contributed by atoms with E-state index in [-0.39, 0.29) is 6.10 Å². The van der Waals surface area contributed by atoms with Crippen molar-refractivity contribution in [1.82, 2.24) is 4.98 Å². The van der Waals surface area contributed by atoms with Crippen molar-refractivity contribution >= 4 is 10.9 Å². The van der Waals surface area contributed by atoms with Crippen LogP contribution in [0.2, 0.25) is 0 Å². The van der Waals surface area contributed by atoms with Crippen molar-refractivity contribution in [1.29, 1.82) is 0 Å². The highest BCUT2D eigenvalue weighted by molar-refractivity contribution is 5.81. The zero-order valence-electron chi connectivity index (χ0n) is 12.2. The molecule has 5 rings (SSSR count). The Hall–Kier alpha value is -1.41. The van der Waals surface area contributed by atoms with Gasteiger partial charge in [0, 0.05) is 11.6 Å². The Labute approximate surface area is 125 Å². The van der Waals surface area contributed by atoms with Gasteiger partial charge in [-0.2, -0.15) is 0 Å². The van der Waals surface area contributed by atoms with Crippen LogP contribution < -0.4 is 0 Å². The molecule has 0 amide bonds. The fourth-order valence-corrected chi connectivity index (χ4v) is 5.60. The summed E-state index contributed by atoms with van der Waals surface area (Å²) in [6.07, 6.45) is 6.81. The monoisotopic (exact) mass is 279 g/mol. The lowest BCUT2D eigenvalue weighted by Crippen LogP contribution is -2.18. The first kappa shape index (κ1) is 12.2. The van der Waals surface area contributed by atoms with Crippen LogP contribution in [0, 0.1) is 29.6 Å². The Morgan fingerprint density at radius 1 is 1.10 bits per heavy atom. The first-order chi connectivity index (χ1) is 10.3. The van der Waals surface area contributed by atoms with Gasteiger partial charge in [-0.15, -0.1) is 0 Å². The van der Waals surface area contributed by atoms with Gasteiger partial charge in [0.1, 0.15) is 0 Å². The third-order valence-electron chi connectivity index (χ3n) is 6.41. The molecule has 3 fully saturated rings. The highest BCUT2D eigenvalue weighted by atomic mass is 16.3. The molecule has 1 aromatic heterocycles. The number of hydrogen-bond acceptors (Lipinski definition) is 2. The summed E-state index contributed by atoms with van der Waals surface area (Å²) in [6, 6.07) is 10.3. The Bertz CT molecular complexity index is 676. The van der Waals surface area contributed by atoms with Crippen LogP contribution in [0.25, 0.3) is 10.9 Å². The summed E-state index contributed by atoms with van der Waals surface area (Å²) in [5, 5.41) is 12.0. The lowest BCUT2D eigenvalue weighted by molar-refractivity contribution is 0.129. The second-order valence-corrected chi connectivity index (χ2v) is 7.32. The normalized spacial score (nSPS) is 37.7. The molecule has 0 aliphatic heterocycles. The zero-order valence-corrected chi connectivity index (χ0v) is 12.2. The van der Waals surface area contributed by atoms with Crippen molar-refractivity contribution in [2.75, 3.05) is 0 Å². The van der Waals surface area contributed by atoms with E-state index in [9.17, 15) is 5.11 Å². The van der Waals surface area contributed by atoms with E-state index in [4.69, 9.17) is 0 Å². The van der Waals surface area contributed by atoms with Gasteiger partial charge in [0.05, 0.1) is 11.6 Å². The highest BCUT2D eigenvalue weighted by Gasteiger charge is 2.66. The van der Waals surface area contributed by atoms with Crippen molar-refractivity contribution in [3.8, 4) is 0 Å².